The fraction of sp³-hybridized carbons (Fsp3) is 0.222. The summed E-state index contributed by atoms with van der Waals surface area (Å²) < 4.78 is 16.0. The van der Waals surface area contributed by atoms with E-state index in [0.29, 0.717) is 22.3 Å². The zero-order valence-electron chi connectivity index (χ0n) is 14.6. The third-order valence-corrected chi connectivity index (χ3v) is 3.85. The van der Waals surface area contributed by atoms with Gasteiger partial charge in [-0.1, -0.05) is 35.3 Å². The molecule has 2 aromatic carbocycles. The third-order valence-electron chi connectivity index (χ3n) is 3.32. The first-order valence-electron chi connectivity index (χ1n) is 7.87. The lowest BCUT2D eigenvalue weighted by Gasteiger charge is -2.17. The van der Waals surface area contributed by atoms with Crippen molar-refractivity contribution < 1.29 is 23.8 Å². The van der Waals surface area contributed by atoms with Crippen LogP contribution in [0.25, 0.3) is 0 Å². The molecule has 144 valence electrons. The molecule has 2 N–H and O–H groups in total. The average molecular weight is 413 g/mol. The van der Waals surface area contributed by atoms with E-state index in [1.165, 1.54) is 20.1 Å². The molecular formula is C18H18Cl2N2O5. The summed E-state index contributed by atoms with van der Waals surface area (Å²) in [7, 11) is 1.50. The van der Waals surface area contributed by atoms with E-state index in [1.807, 2.05) is 0 Å². The zero-order valence-corrected chi connectivity index (χ0v) is 16.1. The highest BCUT2D eigenvalue weighted by Gasteiger charge is 2.17. The average Bonchev–Trinajstić information content (AvgIpc) is 2.65. The maximum absolute atomic E-state index is 12.0. The molecule has 2 amide bonds. The normalized spacial score (nSPS) is 11.3. The molecule has 2 aromatic rings. The minimum Gasteiger partial charge on any atom is -0.493 e. The molecule has 2 rings (SSSR count). The molecule has 0 aromatic heterocycles. The summed E-state index contributed by atoms with van der Waals surface area (Å²) in [5, 5.41) is 0.728. The van der Waals surface area contributed by atoms with Crippen LogP contribution in [0.15, 0.2) is 42.5 Å². The lowest BCUT2D eigenvalue weighted by molar-refractivity contribution is -0.133. The second-order valence-corrected chi connectivity index (χ2v) is 6.16. The quantitative estimate of drug-likeness (QED) is 0.682. The van der Waals surface area contributed by atoms with Gasteiger partial charge >= 0.3 is 0 Å². The van der Waals surface area contributed by atoms with Crippen molar-refractivity contribution in [1.29, 1.82) is 0 Å². The van der Waals surface area contributed by atoms with E-state index in [-0.39, 0.29) is 11.6 Å². The molecule has 0 fully saturated rings. The van der Waals surface area contributed by atoms with Gasteiger partial charge in [-0.3, -0.25) is 20.4 Å². The molecule has 7 nitrogen and oxygen atoms in total. The minimum absolute atomic E-state index is 0.276. The first kappa shape index (κ1) is 20.7. The number of hydrogen-bond acceptors (Lipinski definition) is 5. The Bertz CT molecular complexity index is 816. The number of hydrogen-bond donors (Lipinski definition) is 2. The maximum atomic E-state index is 12.0. The van der Waals surface area contributed by atoms with Gasteiger partial charge in [0.15, 0.2) is 24.2 Å². The van der Waals surface area contributed by atoms with Gasteiger partial charge in [0.2, 0.25) is 0 Å². The number of hydrazine groups is 1. The molecule has 0 saturated carbocycles. The number of carbonyl (C=O) groups is 2. The van der Waals surface area contributed by atoms with Crippen LogP contribution in [0.3, 0.4) is 0 Å². The molecule has 0 radical (unpaired) electrons. The van der Waals surface area contributed by atoms with Crippen molar-refractivity contribution in [3.8, 4) is 17.2 Å². The molecular weight excluding hydrogens is 395 g/mol. The SMILES string of the molecule is COc1ccccc1OC(C)C(=O)NNC(=O)COc1ccc(Cl)cc1Cl. The van der Waals surface area contributed by atoms with E-state index in [9.17, 15) is 9.59 Å². The Kier molecular flexibility index (Phi) is 7.57. The number of benzene rings is 2. The molecule has 1 unspecified atom stereocenters. The van der Waals surface area contributed by atoms with Crippen molar-refractivity contribution in [1.82, 2.24) is 10.9 Å². The van der Waals surface area contributed by atoms with Crippen LogP contribution in [-0.4, -0.2) is 31.6 Å². The second kappa shape index (κ2) is 9.89. The maximum Gasteiger partial charge on any atom is 0.279 e. The van der Waals surface area contributed by atoms with Crippen molar-refractivity contribution in [2.24, 2.45) is 0 Å². The van der Waals surface area contributed by atoms with Crippen molar-refractivity contribution >= 4 is 35.0 Å². The van der Waals surface area contributed by atoms with Crippen molar-refractivity contribution in [2.75, 3.05) is 13.7 Å². The molecule has 0 aliphatic rings. The van der Waals surface area contributed by atoms with E-state index in [1.54, 1.807) is 36.4 Å². The molecule has 0 bridgehead atoms. The first-order valence-corrected chi connectivity index (χ1v) is 8.62. The Balaban J connectivity index is 1.79. The van der Waals surface area contributed by atoms with Crippen LogP contribution in [0.5, 0.6) is 17.2 Å². The van der Waals surface area contributed by atoms with Gasteiger partial charge in [0.05, 0.1) is 12.1 Å². The summed E-state index contributed by atoms with van der Waals surface area (Å²) >= 11 is 11.7. The Morgan fingerprint density at radius 3 is 2.41 bits per heavy atom. The van der Waals surface area contributed by atoms with E-state index in [0.717, 1.165) is 0 Å². The van der Waals surface area contributed by atoms with Gasteiger partial charge < -0.3 is 14.2 Å². The molecule has 0 aliphatic heterocycles. The van der Waals surface area contributed by atoms with E-state index < -0.39 is 17.9 Å². The Morgan fingerprint density at radius 2 is 1.74 bits per heavy atom. The molecule has 27 heavy (non-hydrogen) atoms. The van der Waals surface area contributed by atoms with Gasteiger partial charge in [-0.15, -0.1) is 0 Å². The molecule has 0 saturated heterocycles. The Hall–Kier alpha value is -2.64. The highest BCUT2D eigenvalue weighted by molar-refractivity contribution is 6.35. The van der Waals surface area contributed by atoms with Crippen LogP contribution in [0.4, 0.5) is 0 Å². The lowest BCUT2D eigenvalue weighted by atomic mass is 10.3. The fourth-order valence-corrected chi connectivity index (χ4v) is 2.43. The Labute approximate surface area is 166 Å². The fourth-order valence-electron chi connectivity index (χ4n) is 1.96. The summed E-state index contributed by atoms with van der Waals surface area (Å²) in [6.45, 7) is 1.20. The van der Waals surface area contributed by atoms with Crippen molar-refractivity contribution in [3.05, 3.63) is 52.5 Å². The van der Waals surface area contributed by atoms with Crippen LogP contribution >= 0.6 is 23.2 Å². The summed E-state index contributed by atoms with van der Waals surface area (Å²) in [6, 6.07) is 11.5. The minimum atomic E-state index is -0.867. The smallest absolute Gasteiger partial charge is 0.279 e. The predicted octanol–water partition coefficient (Wildman–Crippen LogP) is 3.00. The van der Waals surface area contributed by atoms with Gasteiger partial charge in [0.25, 0.3) is 11.8 Å². The standard InChI is InChI=1S/C18H18Cl2N2O5/c1-11(27-16-6-4-3-5-15(16)25-2)18(24)22-21-17(23)10-26-14-8-7-12(19)9-13(14)20/h3-9,11H,10H2,1-2H3,(H,21,23)(H,22,24). The van der Waals surface area contributed by atoms with Crippen molar-refractivity contribution in [2.45, 2.75) is 13.0 Å². The highest BCUT2D eigenvalue weighted by atomic mass is 35.5. The van der Waals surface area contributed by atoms with Gasteiger partial charge in [-0.2, -0.15) is 0 Å². The third kappa shape index (κ3) is 6.23. The van der Waals surface area contributed by atoms with E-state index >= 15 is 0 Å². The number of amides is 2. The summed E-state index contributed by atoms with van der Waals surface area (Å²) in [4.78, 5) is 23.8. The van der Waals surface area contributed by atoms with Crippen LogP contribution in [0.2, 0.25) is 10.0 Å². The Morgan fingerprint density at radius 1 is 1.04 bits per heavy atom. The molecule has 1 atom stereocenters. The van der Waals surface area contributed by atoms with Crippen LogP contribution in [-0.2, 0) is 9.59 Å². The number of ether oxygens (including phenoxy) is 3. The van der Waals surface area contributed by atoms with E-state index in [2.05, 4.69) is 10.9 Å². The number of para-hydroxylation sites is 2. The van der Waals surface area contributed by atoms with Crippen LogP contribution < -0.4 is 25.1 Å². The van der Waals surface area contributed by atoms with Gasteiger partial charge in [0.1, 0.15) is 5.75 Å². The summed E-state index contributed by atoms with van der Waals surface area (Å²) in [6.07, 6.45) is -0.867. The summed E-state index contributed by atoms with van der Waals surface area (Å²) in [5.41, 5.74) is 4.50. The number of rotatable bonds is 7. The molecule has 0 aliphatic carbocycles. The van der Waals surface area contributed by atoms with E-state index in [4.69, 9.17) is 37.4 Å². The molecule has 9 heteroatoms. The largest absolute Gasteiger partial charge is 0.493 e. The van der Waals surface area contributed by atoms with Crippen LogP contribution in [0.1, 0.15) is 6.92 Å². The highest BCUT2D eigenvalue weighted by Crippen LogP contribution is 2.27. The number of carbonyl (C=O) groups excluding carboxylic acids is 2. The number of nitrogens with one attached hydrogen (secondary N) is 2. The zero-order chi connectivity index (χ0) is 19.8. The second-order valence-electron chi connectivity index (χ2n) is 5.31. The number of methoxy groups -OCH3 is 1. The topological polar surface area (TPSA) is 85.9 Å². The van der Waals surface area contributed by atoms with Crippen molar-refractivity contribution in [3.63, 3.8) is 0 Å². The first-order chi connectivity index (χ1) is 12.9. The van der Waals surface area contributed by atoms with Gasteiger partial charge in [0, 0.05) is 5.02 Å². The summed E-state index contributed by atoms with van der Waals surface area (Å²) in [5.74, 6) is 0.0946. The lowest BCUT2D eigenvalue weighted by Crippen LogP contribution is -2.48. The number of halogens is 2. The predicted molar refractivity (Wildman–Crippen MR) is 101 cm³/mol. The molecule has 0 spiro atoms. The molecule has 0 heterocycles. The van der Waals surface area contributed by atoms with Crippen LogP contribution in [0, 0.1) is 0 Å². The van der Waals surface area contributed by atoms with Gasteiger partial charge in [-0.05, 0) is 37.3 Å². The monoisotopic (exact) mass is 412 g/mol. The van der Waals surface area contributed by atoms with Gasteiger partial charge in [-0.25, -0.2) is 0 Å².